The van der Waals surface area contributed by atoms with Crippen LogP contribution < -0.4 is 0 Å². The van der Waals surface area contributed by atoms with Crippen LogP contribution in [0.1, 0.15) is 61.7 Å². The summed E-state index contributed by atoms with van der Waals surface area (Å²) in [7, 11) is 2.05. The Morgan fingerprint density at radius 3 is 2.36 bits per heavy atom. The van der Waals surface area contributed by atoms with Crippen LogP contribution in [0, 0.1) is 5.92 Å². The Hall–Kier alpha value is -1.82. The number of hydrogen-bond acceptors (Lipinski definition) is 4. The summed E-state index contributed by atoms with van der Waals surface area (Å²) in [5, 5.41) is 9.65. The van der Waals surface area contributed by atoms with Gasteiger partial charge in [0.2, 0.25) is 5.91 Å². The summed E-state index contributed by atoms with van der Waals surface area (Å²) in [6.07, 6.45) is 8.84. The molecule has 1 unspecified atom stereocenters. The van der Waals surface area contributed by atoms with Crippen molar-refractivity contribution in [1.82, 2.24) is 19.7 Å². The van der Waals surface area contributed by atoms with Crippen LogP contribution in [-0.2, 0) is 11.8 Å². The van der Waals surface area contributed by atoms with Gasteiger partial charge in [-0.1, -0.05) is 54.9 Å². The van der Waals surface area contributed by atoms with Gasteiger partial charge in [-0.3, -0.25) is 4.79 Å². The highest BCUT2D eigenvalue weighted by Crippen LogP contribution is 2.39. The molecule has 28 heavy (non-hydrogen) atoms. The van der Waals surface area contributed by atoms with E-state index in [-0.39, 0.29) is 5.92 Å². The monoisotopic (exact) mass is 398 g/mol. The van der Waals surface area contributed by atoms with Crippen LogP contribution in [0.2, 0.25) is 0 Å². The van der Waals surface area contributed by atoms with Gasteiger partial charge in [-0.05, 0) is 43.4 Å². The highest BCUT2D eigenvalue weighted by Gasteiger charge is 2.36. The van der Waals surface area contributed by atoms with Crippen LogP contribution in [0.15, 0.2) is 35.5 Å². The number of nitrogens with zero attached hydrogens (tertiary/aromatic N) is 4. The van der Waals surface area contributed by atoms with Crippen molar-refractivity contribution >= 4 is 17.7 Å². The smallest absolute Gasteiger partial charge is 0.230 e. The third-order valence-electron chi connectivity index (χ3n) is 6.52. The topological polar surface area (TPSA) is 51.0 Å². The first-order valence-corrected chi connectivity index (χ1v) is 11.7. The number of thioether (sulfide) groups is 1. The van der Waals surface area contributed by atoms with E-state index in [1.165, 1.54) is 31.2 Å². The van der Waals surface area contributed by atoms with Gasteiger partial charge in [-0.15, -0.1) is 10.2 Å². The summed E-state index contributed by atoms with van der Waals surface area (Å²) >= 11 is 1.63. The van der Waals surface area contributed by atoms with Gasteiger partial charge in [0.25, 0.3) is 0 Å². The van der Waals surface area contributed by atoms with E-state index in [4.69, 9.17) is 0 Å². The summed E-state index contributed by atoms with van der Waals surface area (Å²) < 4.78 is 2.11. The zero-order valence-corrected chi connectivity index (χ0v) is 17.7. The number of hydrogen-bond donors (Lipinski definition) is 0. The SMILES string of the molecule is CSc1nnc(C2CCN(C(=O)C(c3ccccc3)C3CCCC3)CC2)n1C. The second-order valence-corrected chi connectivity index (χ2v) is 8.91. The van der Waals surface area contributed by atoms with Crippen LogP contribution in [0.3, 0.4) is 0 Å². The molecule has 1 saturated carbocycles. The van der Waals surface area contributed by atoms with Crippen LogP contribution in [-0.4, -0.2) is 44.9 Å². The molecule has 6 heteroatoms. The second-order valence-electron chi connectivity index (χ2n) is 8.14. The minimum absolute atomic E-state index is 0.0261. The fraction of sp³-hybridized carbons (Fsp3) is 0.591. The molecule has 5 nitrogen and oxygen atoms in total. The van der Waals surface area contributed by atoms with Gasteiger partial charge in [0, 0.05) is 26.1 Å². The van der Waals surface area contributed by atoms with Gasteiger partial charge in [-0.25, -0.2) is 0 Å². The van der Waals surface area contributed by atoms with Crippen molar-refractivity contribution in [3.8, 4) is 0 Å². The molecular weight excluding hydrogens is 368 g/mol. The Bertz CT molecular complexity index is 792. The zero-order chi connectivity index (χ0) is 19.5. The van der Waals surface area contributed by atoms with Gasteiger partial charge in [0.1, 0.15) is 5.82 Å². The third-order valence-corrected chi connectivity index (χ3v) is 7.24. The largest absolute Gasteiger partial charge is 0.342 e. The Morgan fingerprint density at radius 2 is 1.75 bits per heavy atom. The first-order chi connectivity index (χ1) is 13.7. The number of likely N-dealkylation sites (tertiary alicyclic amines) is 1. The molecule has 4 rings (SSSR count). The Labute approximate surface area is 171 Å². The highest BCUT2D eigenvalue weighted by atomic mass is 32.2. The zero-order valence-electron chi connectivity index (χ0n) is 16.9. The lowest BCUT2D eigenvalue weighted by molar-refractivity contribution is -0.135. The number of benzene rings is 1. The summed E-state index contributed by atoms with van der Waals surface area (Å²) in [6.45, 7) is 1.64. The molecule has 0 spiro atoms. The number of carbonyl (C=O) groups excluding carboxylic acids is 1. The highest BCUT2D eigenvalue weighted by molar-refractivity contribution is 7.98. The molecule has 2 aromatic rings. The van der Waals surface area contributed by atoms with Gasteiger partial charge < -0.3 is 9.47 Å². The molecule has 0 N–H and O–H groups in total. The molecule has 1 aliphatic heterocycles. The average molecular weight is 399 g/mol. The summed E-state index contributed by atoms with van der Waals surface area (Å²) in [6, 6.07) is 10.4. The molecule has 0 bridgehead atoms. The maximum Gasteiger partial charge on any atom is 0.230 e. The minimum Gasteiger partial charge on any atom is -0.342 e. The number of amides is 1. The number of carbonyl (C=O) groups is 1. The first-order valence-electron chi connectivity index (χ1n) is 10.5. The summed E-state index contributed by atoms with van der Waals surface area (Å²) in [4.78, 5) is 15.6. The molecule has 2 heterocycles. The Balaban J connectivity index is 1.46. The fourth-order valence-electron chi connectivity index (χ4n) is 4.98. The van der Waals surface area contributed by atoms with E-state index in [1.807, 2.05) is 19.4 Å². The predicted molar refractivity (Wildman–Crippen MR) is 112 cm³/mol. The van der Waals surface area contributed by atoms with Crippen molar-refractivity contribution in [3.63, 3.8) is 0 Å². The quantitative estimate of drug-likeness (QED) is 0.708. The lowest BCUT2D eigenvalue weighted by Crippen LogP contribution is -2.42. The molecule has 1 aliphatic carbocycles. The molecule has 1 saturated heterocycles. The summed E-state index contributed by atoms with van der Waals surface area (Å²) in [5.41, 5.74) is 1.19. The molecule has 1 atom stereocenters. The van der Waals surface area contributed by atoms with Crippen LogP contribution in [0.4, 0.5) is 0 Å². The van der Waals surface area contributed by atoms with Gasteiger partial charge in [0.15, 0.2) is 5.16 Å². The Morgan fingerprint density at radius 1 is 1.07 bits per heavy atom. The van der Waals surface area contributed by atoms with Crippen LogP contribution in [0.25, 0.3) is 0 Å². The van der Waals surface area contributed by atoms with E-state index < -0.39 is 0 Å². The normalized spacial score (nSPS) is 19.9. The Kier molecular flexibility index (Phi) is 6.04. The third kappa shape index (κ3) is 3.84. The van der Waals surface area contributed by atoms with Crippen molar-refractivity contribution < 1.29 is 4.79 Å². The number of aromatic nitrogens is 3. The van der Waals surface area contributed by atoms with Crippen molar-refractivity contribution in [2.24, 2.45) is 13.0 Å². The molecule has 150 valence electrons. The van der Waals surface area contributed by atoms with Gasteiger partial charge in [-0.2, -0.15) is 0 Å². The summed E-state index contributed by atoms with van der Waals surface area (Å²) in [5.74, 6) is 2.31. The van der Waals surface area contributed by atoms with E-state index >= 15 is 0 Å². The first kappa shape index (κ1) is 19.5. The lowest BCUT2D eigenvalue weighted by Gasteiger charge is -2.35. The average Bonchev–Trinajstić information content (AvgIpc) is 3.39. The molecule has 2 aliphatic rings. The fourth-order valence-corrected chi connectivity index (χ4v) is 5.47. The second kappa shape index (κ2) is 8.68. The molecule has 1 aromatic heterocycles. The van der Waals surface area contributed by atoms with Crippen LogP contribution >= 0.6 is 11.8 Å². The van der Waals surface area contributed by atoms with E-state index in [1.54, 1.807) is 11.8 Å². The van der Waals surface area contributed by atoms with Crippen LogP contribution in [0.5, 0.6) is 0 Å². The maximum atomic E-state index is 13.5. The number of rotatable bonds is 5. The molecule has 1 amide bonds. The van der Waals surface area contributed by atoms with E-state index in [0.29, 0.717) is 17.7 Å². The van der Waals surface area contributed by atoms with Crippen molar-refractivity contribution in [3.05, 3.63) is 41.7 Å². The van der Waals surface area contributed by atoms with E-state index in [2.05, 4.69) is 43.9 Å². The molecular formula is C22H30N4OS. The van der Waals surface area contributed by atoms with Crippen molar-refractivity contribution in [1.29, 1.82) is 0 Å². The van der Waals surface area contributed by atoms with Gasteiger partial charge >= 0.3 is 0 Å². The molecule has 2 fully saturated rings. The lowest BCUT2D eigenvalue weighted by atomic mass is 9.83. The predicted octanol–water partition coefficient (Wildman–Crippen LogP) is 4.22. The standard InChI is InChI=1S/C22H30N4OS/c1-25-20(23-24-22(25)28-2)18-12-14-26(15-13-18)21(27)19(17-10-6-7-11-17)16-8-4-3-5-9-16/h3-5,8-9,17-19H,6-7,10-15H2,1-2H3. The van der Waals surface area contributed by atoms with E-state index in [0.717, 1.165) is 36.9 Å². The van der Waals surface area contributed by atoms with Gasteiger partial charge in [0.05, 0.1) is 5.92 Å². The minimum atomic E-state index is 0.0261. The molecule has 1 aromatic carbocycles. The van der Waals surface area contributed by atoms with Crippen molar-refractivity contribution in [2.45, 2.75) is 55.5 Å². The maximum absolute atomic E-state index is 13.5. The van der Waals surface area contributed by atoms with Crippen molar-refractivity contribution in [2.75, 3.05) is 19.3 Å². The molecule has 0 radical (unpaired) electrons. The number of piperidine rings is 1. The van der Waals surface area contributed by atoms with E-state index in [9.17, 15) is 4.79 Å².